The molecule has 54 valence electrons. The molecule has 0 spiro atoms. The number of hydrogen-bond acceptors (Lipinski definition) is 3. The van der Waals surface area contributed by atoms with E-state index in [-0.39, 0.29) is 12.4 Å². The lowest BCUT2D eigenvalue weighted by Gasteiger charge is -1.97. The monoisotopic (exact) mass is 251 g/mol. The fraction of sp³-hybridized carbons (Fsp3) is 0.167. The number of halogens is 1. The molecule has 1 aromatic rings. The zero-order valence-corrected chi connectivity index (χ0v) is 7.24. The van der Waals surface area contributed by atoms with Gasteiger partial charge in [-0.2, -0.15) is 0 Å². The molecule has 0 aliphatic heterocycles. The number of aliphatic hydroxyl groups excluding tert-OH is 1. The van der Waals surface area contributed by atoms with Gasteiger partial charge in [0.1, 0.15) is 9.45 Å². The van der Waals surface area contributed by atoms with Crippen LogP contribution in [0.2, 0.25) is 0 Å². The molecule has 0 aliphatic rings. The van der Waals surface area contributed by atoms with E-state index in [0.717, 1.165) is 0 Å². The Bertz CT molecular complexity index is 239. The maximum absolute atomic E-state index is 9.05. The summed E-state index contributed by atoms with van der Waals surface area (Å²) in [6, 6.07) is 1.49. The number of aromatic nitrogens is 1. The number of pyridine rings is 1. The van der Waals surface area contributed by atoms with Crippen LogP contribution in [0.1, 0.15) is 5.56 Å². The van der Waals surface area contributed by atoms with Gasteiger partial charge in [-0.3, -0.25) is 0 Å². The minimum absolute atomic E-state index is 0.0858. The van der Waals surface area contributed by atoms with Crippen molar-refractivity contribution in [2.24, 2.45) is 0 Å². The lowest BCUT2D eigenvalue weighted by molar-refractivity contribution is 0.280. The van der Waals surface area contributed by atoms with Gasteiger partial charge in [-0.25, -0.2) is 4.98 Å². The van der Waals surface area contributed by atoms with E-state index >= 15 is 0 Å². The van der Waals surface area contributed by atoms with Gasteiger partial charge in [-0.15, -0.1) is 0 Å². The second-order valence-electron chi connectivity index (χ2n) is 1.81. The van der Waals surface area contributed by atoms with Crippen molar-refractivity contribution in [3.63, 3.8) is 0 Å². The van der Waals surface area contributed by atoms with E-state index in [1.54, 1.807) is 0 Å². The van der Waals surface area contributed by atoms with Gasteiger partial charge in [-0.05, 0) is 34.2 Å². The Labute approximate surface area is 71.9 Å². The van der Waals surface area contributed by atoms with Crippen LogP contribution in [0.4, 0.5) is 0 Å². The van der Waals surface area contributed by atoms with Crippen molar-refractivity contribution in [1.29, 1.82) is 0 Å². The minimum atomic E-state index is -0.0858. The molecular formula is C6H6INO2. The second-order valence-corrected chi connectivity index (χ2v) is 2.83. The van der Waals surface area contributed by atoms with Gasteiger partial charge in [0, 0.05) is 6.20 Å². The lowest BCUT2D eigenvalue weighted by Crippen LogP contribution is -1.87. The molecule has 3 nitrogen and oxygen atoms in total. The van der Waals surface area contributed by atoms with Crippen LogP contribution in [0.3, 0.4) is 0 Å². The lowest BCUT2D eigenvalue weighted by atomic mass is 10.3. The molecule has 1 heterocycles. The summed E-state index contributed by atoms with van der Waals surface area (Å²) < 4.78 is 0.551. The number of rotatable bonds is 1. The number of nitrogens with zero attached hydrogens (tertiary/aromatic N) is 1. The van der Waals surface area contributed by atoms with Crippen LogP contribution in [0.5, 0.6) is 5.75 Å². The Hall–Kier alpha value is -0.360. The van der Waals surface area contributed by atoms with Crippen molar-refractivity contribution in [3.8, 4) is 5.75 Å². The zero-order valence-electron chi connectivity index (χ0n) is 5.08. The molecule has 2 N–H and O–H groups in total. The third-order valence-electron chi connectivity index (χ3n) is 1.06. The minimum Gasteiger partial charge on any atom is -0.505 e. The highest BCUT2D eigenvalue weighted by atomic mass is 127. The van der Waals surface area contributed by atoms with E-state index in [1.807, 2.05) is 22.6 Å². The molecular weight excluding hydrogens is 245 g/mol. The van der Waals surface area contributed by atoms with Crippen molar-refractivity contribution in [2.45, 2.75) is 6.61 Å². The fourth-order valence-corrected chi connectivity index (χ4v) is 0.860. The molecule has 0 aliphatic carbocycles. The maximum atomic E-state index is 9.05. The summed E-state index contributed by atoms with van der Waals surface area (Å²) in [6.45, 7) is -0.0858. The Morgan fingerprint density at radius 1 is 1.60 bits per heavy atom. The third kappa shape index (κ3) is 1.57. The van der Waals surface area contributed by atoms with E-state index in [2.05, 4.69) is 4.98 Å². The van der Waals surface area contributed by atoms with Crippen LogP contribution in [0.15, 0.2) is 12.3 Å². The first kappa shape index (κ1) is 7.74. The normalized spacial score (nSPS) is 9.80. The quantitative estimate of drug-likeness (QED) is 0.575. The average molecular weight is 251 g/mol. The van der Waals surface area contributed by atoms with Gasteiger partial charge >= 0.3 is 0 Å². The average Bonchev–Trinajstić information content (AvgIpc) is 1.95. The van der Waals surface area contributed by atoms with Crippen LogP contribution < -0.4 is 0 Å². The zero-order chi connectivity index (χ0) is 7.56. The van der Waals surface area contributed by atoms with Crippen LogP contribution in [0.25, 0.3) is 0 Å². The summed E-state index contributed by atoms with van der Waals surface area (Å²) in [4.78, 5) is 3.83. The SMILES string of the molecule is OCc1cnc(I)c(O)c1. The van der Waals surface area contributed by atoms with E-state index in [4.69, 9.17) is 10.2 Å². The molecule has 0 aromatic carbocycles. The van der Waals surface area contributed by atoms with Gasteiger partial charge < -0.3 is 10.2 Å². The van der Waals surface area contributed by atoms with E-state index < -0.39 is 0 Å². The summed E-state index contributed by atoms with van der Waals surface area (Å²) in [5.41, 5.74) is 0.623. The molecule has 1 aromatic heterocycles. The Kier molecular flexibility index (Phi) is 2.44. The standard InChI is InChI=1S/C6H6INO2/c7-6-5(10)1-4(3-9)2-8-6/h1-2,9-10H,3H2. The van der Waals surface area contributed by atoms with Gasteiger partial charge in [0.15, 0.2) is 0 Å². The Morgan fingerprint density at radius 3 is 2.80 bits per heavy atom. The molecule has 0 atom stereocenters. The highest BCUT2D eigenvalue weighted by Crippen LogP contribution is 2.17. The maximum Gasteiger partial charge on any atom is 0.147 e. The van der Waals surface area contributed by atoms with E-state index in [1.165, 1.54) is 12.3 Å². The molecule has 0 radical (unpaired) electrons. The number of aromatic hydroxyl groups is 1. The highest BCUT2D eigenvalue weighted by molar-refractivity contribution is 14.1. The van der Waals surface area contributed by atoms with Crippen molar-refractivity contribution in [3.05, 3.63) is 21.5 Å². The molecule has 0 fully saturated rings. The predicted molar refractivity (Wildman–Crippen MR) is 44.5 cm³/mol. The topological polar surface area (TPSA) is 53.4 Å². The van der Waals surface area contributed by atoms with Crippen LogP contribution in [0, 0.1) is 3.70 Å². The van der Waals surface area contributed by atoms with Crippen LogP contribution in [-0.4, -0.2) is 15.2 Å². The summed E-state index contributed by atoms with van der Waals surface area (Å²) >= 11 is 1.91. The first-order valence-electron chi connectivity index (χ1n) is 2.68. The van der Waals surface area contributed by atoms with Gasteiger partial charge in [0.05, 0.1) is 6.61 Å². The first-order valence-corrected chi connectivity index (χ1v) is 3.76. The van der Waals surface area contributed by atoms with Crippen LogP contribution in [-0.2, 0) is 6.61 Å². The fourth-order valence-electron chi connectivity index (χ4n) is 0.565. The molecule has 0 bridgehead atoms. The molecule has 0 unspecified atom stereocenters. The van der Waals surface area contributed by atoms with Gasteiger partial charge in [0.2, 0.25) is 0 Å². The molecule has 0 amide bonds. The third-order valence-corrected chi connectivity index (χ3v) is 1.89. The predicted octanol–water partition coefficient (Wildman–Crippen LogP) is 0.884. The van der Waals surface area contributed by atoms with Crippen molar-refractivity contribution >= 4 is 22.6 Å². The van der Waals surface area contributed by atoms with Crippen molar-refractivity contribution in [2.75, 3.05) is 0 Å². The Balaban J connectivity index is 3.04. The van der Waals surface area contributed by atoms with Crippen molar-refractivity contribution in [1.82, 2.24) is 4.98 Å². The summed E-state index contributed by atoms with van der Waals surface area (Å²) in [5.74, 6) is 0.118. The molecule has 0 saturated heterocycles. The Morgan fingerprint density at radius 2 is 2.30 bits per heavy atom. The van der Waals surface area contributed by atoms with Crippen molar-refractivity contribution < 1.29 is 10.2 Å². The largest absolute Gasteiger partial charge is 0.505 e. The number of aliphatic hydroxyl groups is 1. The first-order chi connectivity index (χ1) is 4.74. The summed E-state index contributed by atoms with van der Waals surface area (Å²) in [7, 11) is 0. The molecule has 1 rings (SSSR count). The molecule has 4 heteroatoms. The smallest absolute Gasteiger partial charge is 0.147 e. The summed E-state index contributed by atoms with van der Waals surface area (Å²) in [6.07, 6.45) is 1.53. The van der Waals surface area contributed by atoms with E-state index in [9.17, 15) is 0 Å². The summed E-state index contributed by atoms with van der Waals surface area (Å²) in [5, 5.41) is 17.6. The second kappa shape index (κ2) is 3.16. The van der Waals surface area contributed by atoms with Crippen LogP contribution >= 0.6 is 22.6 Å². The van der Waals surface area contributed by atoms with Gasteiger partial charge in [0.25, 0.3) is 0 Å². The highest BCUT2D eigenvalue weighted by Gasteiger charge is 1.98. The van der Waals surface area contributed by atoms with Gasteiger partial charge in [-0.1, -0.05) is 0 Å². The number of hydrogen-bond donors (Lipinski definition) is 2. The van der Waals surface area contributed by atoms with E-state index in [0.29, 0.717) is 9.26 Å². The molecule has 10 heavy (non-hydrogen) atoms. The molecule has 0 saturated carbocycles.